The first kappa shape index (κ1) is 13.6. The fourth-order valence-electron chi connectivity index (χ4n) is 2.77. The summed E-state index contributed by atoms with van der Waals surface area (Å²) in [6, 6.07) is 10.6. The molecule has 18 heavy (non-hydrogen) atoms. The summed E-state index contributed by atoms with van der Waals surface area (Å²) in [5.74, 6) is 0. The third-order valence-corrected chi connectivity index (χ3v) is 4.06. The third-order valence-electron chi connectivity index (χ3n) is 4.06. The minimum absolute atomic E-state index is 0.106. The number of hydrogen-bond donors (Lipinski definition) is 1. The summed E-state index contributed by atoms with van der Waals surface area (Å²) >= 11 is 0. The molecule has 1 aromatic rings. The van der Waals surface area contributed by atoms with Crippen LogP contribution >= 0.6 is 0 Å². The average Bonchev–Trinajstić information content (AvgIpc) is 2.46. The number of benzene rings is 1. The second kappa shape index (κ2) is 6.91. The second-order valence-electron chi connectivity index (χ2n) is 5.33. The highest BCUT2D eigenvalue weighted by Gasteiger charge is 2.31. The first-order valence-corrected chi connectivity index (χ1v) is 7.29. The summed E-state index contributed by atoms with van der Waals surface area (Å²) in [5, 5.41) is 0. The van der Waals surface area contributed by atoms with E-state index in [1.165, 1.54) is 37.7 Å². The highest BCUT2D eigenvalue weighted by Crippen LogP contribution is 2.33. The van der Waals surface area contributed by atoms with E-state index in [4.69, 9.17) is 4.84 Å². The predicted octanol–water partition coefficient (Wildman–Crippen LogP) is 3.86. The Kier molecular flexibility index (Phi) is 5.21. The number of rotatable bonds is 6. The quantitative estimate of drug-likeness (QED) is 0.609. The lowest BCUT2D eigenvalue weighted by molar-refractivity contribution is -0.127. The summed E-state index contributed by atoms with van der Waals surface area (Å²) in [4.78, 5) is 5.99. The SMILES string of the molecule is CCC1(ONCCc2ccccc2)CCCCC1. The van der Waals surface area contributed by atoms with E-state index < -0.39 is 0 Å². The summed E-state index contributed by atoms with van der Waals surface area (Å²) < 4.78 is 0. The van der Waals surface area contributed by atoms with Crippen LogP contribution in [0.2, 0.25) is 0 Å². The van der Waals surface area contributed by atoms with E-state index in [0.29, 0.717) is 0 Å². The lowest BCUT2D eigenvalue weighted by Gasteiger charge is -2.35. The molecule has 0 atom stereocenters. The lowest BCUT2D eigenvalue weighted by atomic mass is 9.83. The molecule has 0 amide bonds. The number of nitrogens with one attached hydrogen (secondary N) is 1. The zero-order valence-electron chi connectivity index (χ0n) is 11.5. The minimum Gasteiger partial charge on any atom is -0.295 e. The Morgan fingerprint density at radius 3 is 2.50 bits per heavy atom. The molecule has 1 aromatic carbocycles. The van der Waals surface area contributed by atoms with Crippen LogP contribution in [-0.2, 0) is 11.3 Å². The van der Waals surface area contributed by atoms with E-state index in [1.54, 1.807) is 0 Å². The van der Waals surface area contributed by atoms with Crippen LogP contribution in [0, 0.1) is 0 Å². The molecular formula is C16H25NO. The zero-order valence-corrected chi connectivity index (χ0v) is 11.5. The third kappa shape index (κ3) is 3.82. The molecule has 1 saturated carbocycles. The van der Waals surface area contributed by atoms with Gasteiger partial charge in [-0.2, -0.15) is 0 Å². The van der Waals surface area contributed by atoms with Gasteiger partial charge in [0.15, 0.2) is 0 Å². The molecule has 0 radical (unpaired) electrons. The van der Waals surface area contributed by atoms with Crippen molar-refractivity contribution in [1.82, 2.24) is 5.48 Å². The predicted molar refractivity (Wildman–Crippen MR) is 75.3 cm³/mol. The Hall–Kier alpha value is -0.860. The van der Waals surface area contributed by atoms with Gasteiger partial charge in [0.25, 0.3) is 0 Å². The molecule has 2 heteroatoms. The van der Waals surface area contributed by atoms with Gasteiger partial charge in [0.05, 0.1) is 5.60 Å². The Labute approximate surface area is 111 Å². The van der Waals surface area contributed by atoms with Crippen LogP contribution in [-0.4, -0.2) is 12.1 Å². The van der Waals surface area contributed by atoms with Crippen LogP contribution in [0.3, 0.4) is 0 Å². The molecule has 0 aromatic heterocycles. The van der Waals surface area contributed by atoms with Crippen LogP contribution in [0.25, 0.3) is 0 Å². The van der Waals surface area contributed by atoms with Crippen molar-refractivity contribution in [3.63, 3.8) is 0 Å². The van der Waals surface area contributed by atoms with Crippen molar-refractivity contribution < 1.29 is 4.84 Å². The largest absolute Gasteiger partial charge is 0.295 e. The summed E-state index contributed by atoms with van der Waals surface area (Å²) in [6.07, 6.45) is 8.56. The van der Waals surface area contributed by atoms with E-state index in [2.05, 4.69) is 42.7 Å². The first-order chi connectivity index (χ1) is 8.85. The van der Waals surface area contributed by atoms with E-state index in [-0.39, 0.29) is 5.60 Å². The molecule has 1 aliphatic carbocycles. The molecule has 0 saturated heterocycles. The van der Waals surface area contributed by atoms with Crippen molar-refractivity contribution in [2.24, 2.45) is 0 Å². The number of hydrogen-bond acceptors (Lipinski definition) is 2. The molecule has 2 rings (SSSR count). The average molecular weight is 247 g/mol. The summed E-state index contributed by atoms with van der Waals surface area (Å²) in [6.45, 7) is 3.13. The normalized spacial score (nSPS) is 18.7. The van der Waals surface area contributed by atoms with Gasteiger partial charge in [-0.3, -0.25) is 4.84 Å². The van der Waals surface area contributed by atoms with Crippen molar-refractivity contribution >= 4 is 0 Å². The van der Waals surface area contributed by atoms with Crippen molar-refractivity contribution in [3.8, 4) is 0 Å². The van der Waals surface area contributed by atoms with Gasteiger partial charge in [-0.25, -0.2) is 5.48 Å². The van der Waals surface area contributed by atoms with Gasteiger partial charge in [0.2, 0.25) is 0 Å². The highest BCUT2D eigenvalue weighted by molar-refractivity contribution is 5.14. The van der Waals surface area contributed by atoms with Crippen LogP contribution in [0.1, 0.15) is 51.0 Å². The van der Waals surface area contributed by atoms with Gasteiger partial charge < -0.3 is 0 Å². The van der Waals surface area contributed by atoms with Gasteiger partial charge in [0.1, 0.15) is 0 Å². The minimum atomic E-state index is 0.106. The molecular weight excluding hydrogens is 222 g/mol. The maximum absolute atomic E-state index is 5.99. The Bertz CT molecular complexity index is 330. The zero-order chi connectivity index (χ0) is 12.7. The molecule has 0 aliphatic heterocycles. The molecule has 0 bridgehead atoms. The molecule has 0 heterocycles. The van der Waals surface area contributed by atoms with Crippen LogP contribution < -0.4 is 5.48 Å². The van der Waals surface area contributed by atoms with E-state index in [0.717, 1.165) is 19.4 Å². The smallest absolute Gasteiger partial charge is 0.0894 e. The summed E-state index contributed by atoms with van der Waals surface area (Å²) in [7, 11) is 0. The maximum atomic E-state index is 5.99. The number of hydroxylamine groups is 1. The van der Waals surface area contributed by atoms with Crippen molar-refractivity contribution in [3.05, 3.63) is 35.9 Å². The van der Waals surface area contributed by atoms with Gasteiger partial charge >= 0.3 is 0 Å². The van der Waals surface area contributed by atoms with Gasteiger partial charge in [-0.15, -0.1) is 0 Å². The van der Waals surface area contributed by atoms with Crippen molar-refractivity contribution in [2.45, 2.75) is 57.5 Å². The molecule has 2 nitrogen and oxygen atoms in total. The van der Waals surface area contributed by atoms with E-state index in [1.807, 2.05) is 0 Å². The van der Waals surface area contributed by atoms with Crippen LogP contribution in [0.5, 0.6) is 0 Å². The van der Waals surface area contributed by atoms with E-state index in [9.17, 15) is 0 Å². The lowest BCUT2D eigenvalue weighted by Crippen LogP contribution is -2.40. The van der Waals surface area contributed by atoms with Gasteiger partial charge in [-0.05, 0) is 31.2 Å². The Morgan fingerprint density at radius 1 is 1.11 bits per heavy atom. The molecule has 0 spiro atoms. The standard InChI is InChI=1S/C16H25NO/c1-2-16(12-7-4-8-13-16)18-17-14-11-15-9-5-3-6-10-15/h3,5-6,9-10,17H,2,4,7-8,11-14H2,1H3. The van der Waals surface area contributed by atoms with Crippen LogP contribution in [0.4, 0.5) is 0 Å². The Morgan fingerprint density at radius 2 is 1.83 bits per heavy atom. The maximum Gasteiger partial charge on any atom is 0.0894 e. The molecule has 100 valence electrons. The molecule has 1 fully saturated rings. The van der Waals surface area contributed by atoms with Crippen molar-refractivity contribution in [1.29, 1.82) is 0 Å². The molecule has 0 unspecified atom stereocenters. The van der Waals surface area contributed by atoms with Gasteiger partial charge in [-0.1, -0.05) is 56.5 Å². The second-order valence-corrected chi connectivity index (χ2v) is 5.33. The fourth-order valence-corrected chi connectivity index (χ4v) is 2.77. The van der Waals surface area contributed by atoms with Gasteiger partial charge in [0, 0.05) is 6.54 Å². The summed E-state index contributed by atoms with van der Waals surface area (Å²) in [5.41, 5.74) is 4.67. The molecule has 1 aliphatic rings. The molecule has 1 N–H and O–H groups in total. The van der Waals surface area contributed by atoms with Crippen molar-refractivity contribution in [2.75, 3.05) is 6.54 Å². The van der Waals surface area contributed by atoms with E-state index >= 15 is 0 Å². The van der Waals surface area contributed by atoms with Crippen LogP contribution in [0.15, 0.2) is 30.3 Å². The first-order valence-electron chi connectivity index (χ1n) is 7.29. The Balaban J connectivity index is 1.71. The topological polar surface area (TPSA) is 21.3 Å². The monoisotopic (exact) mass is 247 g/mol. The fraction of sp³-hybridized carbons (Fsp3) is 0.625. The highest BCUT2D eigenvalue weighted by atomic mass is 16.7.